The molecule has 3 heterocycles. The van der Waals surface area contributed by atoms with Crippen LogP contribution in [0, 0.1) is 0 Å². The standard InChI is InChI=1S/C23H32N4O2S/c1-4-24-20-9-12-27(15-20)14-19-16-28-13-10-21(8-7-18(19)2)29-17-26-23-22(30-3)6-5-11-25-23/h5-8,10-11,16,20,24H,2,4,9,12-15,17H2,1,3H3,(H,25,26)/b8-7?,19-16-,21-10+. The summed E-state index contributed by atoms with van der Waals surface area (Å²) in [6, 6.07) is 4.54. The van der Waals surface area contributed by atoms with Crippen LogP contribution in [-0.4, -0.2) is 61.7 Å². The zero-order valence-corrected chi connectivity index (χ0v) is 18.7. The van der Waals surface area contributed by atoms with Crippen molar-refractivity contribution in [3.05, 3.63) is 66.3 Å². The van der Waals surface area contributed by atoms with E-state index >= 15 is 0 Å². The monoisotopic (exact) mass is 428 g/mol. The number of thioether (sulfide) groups is 1. The third kappa shape index (κ3) is 6.65. The van der Waals surface area contributed by atoms with Gasteiger partial charge in [-0.2, -0.15) is 0 Å². The van der Waals surface area contributed by atoms with Crippen LogP contribution in [0.2, 0.25) is 0 Å². The van der Waals surface area contributed by atoms with Crippen molar-refractivity contribution in [1.29, 1.82) is 0 Å². The Labute approximate surface area is 184 Å². The van der Waals surface area contributed by atoms with Gasteiger partial charge in [-0.3, -0.25) is 4.90 Å². The fourth-order valence-electron chi connectivity index (χ4n) is 3.51. The zero-order chi connectivity index (χ0) is 21.2. The highest BCUT2D eigenvalue weighted by Crippen LogP contribution is 2.22. The Bertz CT molecular complexity index is 806. The molecule has 0 spiro atoms. The van der Waals surface area contributed by atoms with E-state index in [-0.39, 0.29) is 0 Å². The van der Waals surface area contributed by atoms with E-state index in [2.05, 4.69) is 34.0 Å². The number of likely N-dealkylation sites (tertiary alicyclic amines) is 1. The summed E-state index contributed by atoms with van der Waals surface area (Å²) >= 11 is 1.65. The number of allylic oxidation sites excluding steroid dienone is 2. The van der Waals surface area contributed by atoms with Crippen LogP contribution in [-0.2, 0) is 9.47 Å². The summed E-state index contributed by atoms with van der Waals surface area (Å²) < 4.78 is 11.6. The lowest BCUT2D eigenvalue weighted by molar-refractivity contribution is 0.235. The van der Waals surface area contributed by atoms with E-state index in [0.29, 0.717) is 19.4 Å². The molecule has 1 aromatic heterocycles. The van der Waals surface area contributed by atoms with Crippen molar-refractivity contribution in [2.75, 3.05) is 51.1 Å². The Kier molecular flexibility index (Phi) is 8.86. The average Bonchev–Trinajstić information content (AvgIpc) is 3.22. The molecule has 30 heavy (non-hydrogen) atoms. The Morgan fingerprint density at radius 3 is 3.13 bits per heavy atom. The zero-order valence-electron chi connectivity index (χ0n) is 17.9. The molecular formula is C23H32N4O2S. The SMILES string of the molecule is C=C1C=C/C(OCNc2ncccc2SC)=C\CO/C=C\1CN1CCC(NCC)C1. The minimum absolute atomic E-state index is 0.326. The maximum Gasteiger partial charge on any atom is 0.160 e. The predicted molar refractivity (Wildman–Crippen MR) is 125 cm³/mol. The van der Waals surface area contributed by atoms with Crippen LogP contribution in [0.4, 0.5) is 5.82 Å². The Hall–Kier alpha value is -2.22. The number of anilines is 1. The van der Waals surface area contributed by atoms with Crippen LogP contribution in [0.25, 0.3) is 0 Å². The van der Waals surface area contributed by atoms with E-state index in [0.717, 1.165) is 53.8 Å². The van der Waals surface area contributed by atoms with Crippen LogP contribution >= 0.6 is 11.8 Å². The molecule has 1 unspecified atom stereocenters. The van der Waals surface area contributed by atoms with Crippen LogP contribution < -0.4 is 10.6 Å². The predicted octanol–water partition coefficient (Wildman–Crippen LogP) is 3.78. The van der Waals surface area contributed by atoms with Crippen LogP contribution in [0.3, 0.4) is 0 Å². The molecule has 2 N–H and O–H groups in total. The number of hydrogen-bond donors (Lipinski definition) is 2. The van der Waals surface area contributed by atoms with E-state index < -0.39 is 0 Å². The van der Waals surface area contributed by atoms with E-state index in [1.54, 1.807) is 18.0 Å². The van der Waals surface area contributed by atoms with Gasteiger partial charge >= 0.3 is 0 Å². The highest BCUT2D eigenvalue weighted by atomic mass is 32.2. The molecule has 1 aromatic rings. The highest BCUT2D eigenvalue weighted by molar-refractivity contribution is 7.98. The fourth-order valence-corrected chi connectivity index (χ4v) is 4.04. The molecule has 162 valence electrons. The molecule has 0 aliphatic carbocycles. The van der Waals surface area contributed by atoms with Gasteiger partial charge in [0.15, 0.2) is 6.73 Å². The van der Waals surface area contributed by atoms with Crippen LogP contribution in [0.15, 0.2) is 71.2 Å². The number of nitrogens with one attached hydrogen (secondary N) is 2. The molecule has 1 atom stereocenters. The number of hydrogen-bond acceptors (Lipinski definition) is 7. The van der Waals surface area contributed by atoms with Crippen molar-refractivity contribution in [3.8, 4) is 0 Å². The van der Waals surface area contributed by atoms with Crippen molar-refractivity contribution in [2.24, 2.45) is 0 Å². The molecule has 0 amide bonds. The Balaban J connectivity index is 1.51. The van der Waals surface area contributed by atoms with E-state index in [1.165, 1.54) is 6.42 Å². The van der Waals surface area contributed by atoms with Gasteiger partial charge in [0.25, 0.3) is 0 Å². The van der Waals surface area contributed by atoms with Gasteiger partial charge in [-0.25, -0.2) is 4.98 Å². The quantitative estimate of drug-likeness (QED) is 0.458. The number of ether oxygens (including phenoxy) is 2. The largest absolute Gasteiger partial charge is 0.497 e. The summed E-state index contributed by atoms with van der Waals surface area (Å²) in [5.41, 5.74) is 2.05. The molecule has 3 rings (SSSR count). The summed E-state index contributed by atoms with van der Waals surface area (Å²) in [6.07, 6.45) is 12.7. The first-order valence-electron chi connectivity index (χ1n) is 10.4. The number of likely N-dealkylation sites (N-methyl/N-ethyl adjacent to an activating group) is 1. The smallest absolute Gasteiger partial charge is 0.160 e. The molecule has 1 fully saturated rings. The molecule has 0 aromatic carbocycles. The molecule has 2 aliphatic rings. The second-order valence-corrected chi connectivity index (χ2v) is 8.09. The van der Waals surface area contributed by atoms with Gasteiger partial charge in [0, 0.05) is 42.3 Å². The molecule has 0 saturated carbocycles. The van der Waals surface area contributed by atoms with Crippen molar-refractivity contribution in [3.63, 3.8) is 0 Å². The van der Waals surface area contributed by atoms with Crippen LogP contribution in [0.1, 0.15) is 13.3 Å². The Morgan fingerprint density at radius 1 is 1.40 bits per heavy atom. The molecule has 2 aliphatic heterocycles. The van der Waals surface area contributed by atoms with Crippen molar-refractivity contribution >= 4 is 17.6 Å². The third-order valence-corrected chi connectivity index (χ3v) is 5.87. The van der Waals surface area contributed by atoms with Gasteiger partial charge < -0.3 is 20.1 Å². The van der Waals surface area contributed by atoms with E-state index in [4.69, 9.17) is 9.47 Å². The maximum atomic E-state index is 5.89. The first-order valence-corrected chi connectivity index (χ1v) is 11.6. The van der Waals surface area contributed by atoms with Crippen molar-refractivity contribution in [1.82, 2.24) is 15.2 Å². The van der Waals surface area contributed by atoms with Gasteiger partial charge in [-0.1, -0.05) is 19.6 Å². The number of nitrogens with zero attached hydrogens (tertiary/aromatic N) is 2. The summed E-state index contributed by atoms with van der Waals surface area (Å²) in [7, 11) is 0. The van der Waals surface area contributed by atoms with E-state index in [9.17, 15) is 0 Å². The van der Waals surface area contributed by atoms with E-state index in [1.807, 2.05) is 42.9 Å². The van der Waals surface area contributed by atoms with Gasteiger partial charge in [0.1, 0.15) is 18.2 Å². The topological polar surface area (TPSA) is 58.6 Å². The fraction of sp³-hybridized carbons (Fsp3) is 0.435. The highest BCUT2D eigenvalue weighted by Gasteiger charge is 2.22. The Morgan fingerprint density at radius 2 is 2.30 bits per heavy atom. The van der Waals surface area contributed by atoms with Gasteiger partial charge in [0.05, 0.1) is 6.26 Å². The summed E-state index contributed by atoms with van der Waals surface area (Å²) in [5.74, 6) is 1.57. The molecule has 6 nitrogen and oxygen atoms in total. The van der Waals surface area contributed by atoms with Gasteiger partial charge in [-0.15, -0.1) is 11.8 Å². The van der Waals surface area contributed by atoms with Crippen molar-refractivity contribution in [2.45, 2.75) is 24.3 Å². The minimum Gasteiger partial charge on any atom is -0.497 e. The summed E-state index contributed by atoms with van der Waals surface area (Å²) in [6.45, 7) is 11.2. The normalized spacial score (nSPS) is 23.4. The van der Waals surface area contributed by atoms with Crippen molar-refractivity contribution < 1.29 is 9.47 Å². The number of pyridine rings is 1. The second-order valence-electron chi connectivity index (χ2n) is 7.24. The lowest BCUT2D eigenvalue weighted by Crippen LogP contribution is -2.33. The number of aromatic nitrogens is 1. The second kappa shape index (κ2) is 11.8. The average molecular weight is 429 g/mol. The lowest BCUT2D eigenvalue weighted by Gasteiger charge is -2.18. The first-order chi connectivity index (χ1) is 14.7. The first kappa shape index (κ1) is 22.5. The number of rotatable bonds is 9. The molecule has 0 bridgehead atoms. The maximum absolute atomic E-state index is 5.89. The third-order valence-electron chi connectivity index (χ3n) is 5.10. The summed E-state index contributed by atoms with van der Waals surface area (Å²) in [4.78, 5) is 7.90. The van der Waals surface area contributed by atoms with Gasteiger partial charge in [0.2, 0.25) is 0 Å². The lowest BCUT2D eigenvalue weighted by atomic mass is 10.1. The molecule has 7 heteroatoms. The molecular weight excluding hydrogens is 396 g/mol. The molecule has 0 radical (unpaired) electrons. The van der Waals surface area contributed by atoms with Gasteiger partial charge in [-0.05, 0) is 49.1 Å². The molecule has 1 saturated heterocycles. The minimum atomic E-state index is 0.326. The summed E-state index contributed by atoms with van der Waals surface area (Å²) in [5, 5.41) is 6.76. The van der Waals surface area contributed by atoms with Crippen LogP contribution in [0.5, 0.6) is 0 Å².